The lowest BCUT2D eigenvalue weighted by atomic mass is 9.97. The Morgan fingerprint density at radius 1 is 0.742 bits per heavy atom. The Kier molecular flexibility index (Phi) is 6.85. The highest BCUT2D eigenvalue weighted by molar-refractivity contribution is 7.98. The van der Waals surface area contributed by atoms with E-state index in [9.17, 15) is 4.79 Å². The minimum atomic E-state index is -0.192. The minimum Gasteiger partial charge on any atom is -0.341 e. The van der Waals surface area contributed by atoms with E-state index in [2.05, 4.69) is 60.8 Å². The summed E-state index contributed by atoms with van der Waals surface area (Å²) in [5.74, 6) is 0.804. The second-order valence-corrected chi connectivity index (χ2v) is 8.58. The van der Waals surface area contributed by atoms with Gasteiger partial charge < -0.3 is 5.32 Å². The van der Waals surface area contributed by atoms with Gasteiger partial charge in [-0.05, 0) is 47.9 Å². The first-order valence-corrected chi connectivity index (χ1v) is 11.4. The average molecular weight is 424 g/mol. The molecule has 2 nitrogen and oxygen atoms in total. The molecule has 0 radical (unpaired) electrons. The van der Waals surface area contributed by atoms with Crippen molar-refractivity contribution in [2.75, 3.05) is 0 Å². The molecule has 0 aliphatic rings. The molecule has 0 saturated heterocycles. The zero-order chi connectivity index (χ0) is 21.5. The van der Waals surface area contributed by atoms with Crippen molar-refractivity contribution < 1.29 is 4.79 Å². The van der Waals surface area contributed by atoms with E-state index in [1.165, 1.54) is 16.0 Å². The molecule has 1 unspecified atom stereocenters. The Bertz CT molecular complexity index is 1110. The maximum atomic E-state index is 13.0. The van der Waals surface area contributed by atoms with Gasteiger partial charge in [0.25, 0.3) is 5.91 Å². The lowest BCUT2D eigenvalue weighted by molar-refractivity contribution is 0.0943. The summed E-state index contributed by atoms with van der Waals surface area (Å²) >= 11 is 1.79. The molecule has 31 heavy (non-hydrogen) atoms. The normalized spacial score (nSPS) is 11.6. The molecular weight excluding hydrogens is 398 g/mol. The number of carbonyl (C=O) groups is 1. The summed E-state index contributed by atoms with van der Waals surface area (Å²) in [6, 6.07) is 36.5. The molecule has 0 fully saturated rings. The summed E-state index contributed by atoms with van der Waals surface area (Å²) in [5.41, 5.74) is 5.20. The van der Waals surface area contributed by atoms with Crippen molar-refractivity contribution in [3.63, 3.8) is 0 Å². The average Bonchev–Trinajstić information content (AvgIpc) is 2.83. The van der Waals surface area contributed by atoms with Crippen molar-refractivity contribution in [3.8, 4) is 0 Å². The van der Waals surface area contributed by atoms with Gasteiger partial charge in [-0.25, -0.2) is 0 Å². The highest BCUT2D eigenvalue weighted by atomic mass is 32.2. The van der Waals surface area contributed by atoms with Crippen LogP contribution in [0.5, 0.6) is 0 Å². The van der Waals surface area contributed by atoms with E-state index in [0.717, 1.165) is 16.9 Å². The van der Waals surface area contributed by atoms with Gasteiger partial charge in [0.2, 0.25) is 0 Å². The Morgan fingerprint density at radius 2 is 1.32 bits per heavy atom. The van der Waals surface area contributed by atoms with Crippen LogP contribution >= 0.6 is 11.8 Å². The van der Waals surface area contributed by atoms with Gasteiger partial charge in [0.05, 0.1) is 6.04 Å². The molecule has 0 heterocycles. The van der Waals surface area contributed by atoms with Crippen LogP contribution in [-0.2, 0) is 5.75 Å². The van der Waals surface area contributed by atoms with E-state index in [4.69, 9.17) is 0 Å². The molecule has 0 bridgehead atoms. The predicted molar refractivity (Wildman–Crippen MR) is 129 cm³/mol. The van der Waals surface area contributed by atoms with Gasteiger partial charge in [-0.15, -0.1) is 11.8 Å². The van der Waals surface area contributed by atoms with E-state index in [1.54, 1.807) is 11.8 Å². The van der Waals surface area contributed by atoms with Gasteiger partial charge in [0.1, 0.15) is 0 Å². The molecule has 154 valence electrons. The number of carbonyl (C=O) groups excluding carboxylic acids is 1. The van der Waals surface area contributed by atoms with E-state index >= 15 is 0 Å². The van der Waals surface area contributed by atoms with E-state index in [-0.39, 0.29) is 11.9 Å². The molecule has 4 aromatic rings. The van der Waals surface area contributed by atoms with Crippen molar-refractivity contribution >= 4 is 17.7 Å². The second-order valence-electron chi connectivity index (χ2n) is 7.53. The molecule has 0 aliphatic heterocycles. The van der Waals surface area contributed by atoms with Gasteiger partial charge in [-0.2, -0.15) is 0 Å². The van der Waals surface area contributed by atoms with Crippen LogP contribution in [0, 0.1) is 6.92 Å². The second kappa shape index (κ2) is 10.1. The van der Waals surface area contributed by atoms with Crippen LogP contribution in [0.15, 0.2) is 114 Å². The Balaban J connectivity index is 1.47. The first-order valence-electron chi connectivity index (χ1n) is 10.4. The van der Waals surface area contributed by atoms with Crippen molar-refractivity contribution in [1.82, 2.24) is 5.32 Å². The van der Waals surface area contributed by atoms with Crippen molar-refractivity contribution in [2.45, 2.75) is 23.6 Å². The van der Waals surface area contributed by atoms with Crippen LogP contribution in [0.2, 0.25) is 0 Å². The number of thioether (sulfide) groups is 1. The fraction of sp³-hybridized carbons (Fsp3) is 0.107. The zero-order valence-corrected chi connectivity index (χ0v) is 18.3. The van der Waals surface area contributed by atoms with Crippen LogP contribution in [0.3, 0.4) is 0 Å². The third kappa shape index (κ3) is 5.65. The maximum absolute atomic E-state index is 13.0. The summed E-state index contributed by atoms with van der Waals surface area (Å²) in [5, 5.41) is 3.22. The summed E-state index contributed by atoms with van der Waals surface area (Å²) in [4.78, 5) is 14.3. The van der Waals surface area contributed by atoms with E-state index < -0.39 is 0 Å². The highest BCUT2D eigenvalue weighted by Crippen LogP contribution is 2.24. The lowest BCUT2D eigenvalue weighted by Gasteiger charge is -2.20. The highest BCUT2D eigenvalue weighted by Gasteiger charge is 2.17. The number of nitrogens with one attached hydrogen (secondary N) is 1. The third-order valence-corrected chi connectivity index (χ3v) is 6.27. The summed E-state index contributed by atoms with van der Waals surface area (Å²) in [7, 11) is 0. The monoisotopic (exact) mass is 423 g/mol. The third-order valence-electron chi connectivity index (χ3n) is 5.18. The van der Waals surface area contributed by atoms with Crippen molar-refractivity contribution in [3.05, 3.63) is 137 Å². The summed E-state index contributed by atoms with van der Waals surface area (Å²) < 4.78 is 0. The summed E-state index contributed by atoms with van der Waals surface area (Å²) in [6.45, 7) is 2.07. The number of amides is 1. The first kappa shape index (κ1) is 21.0. The fourth-order valence-corrected chi connectivity index (χ4v) is 4.29. The molecule has 1 atom stereocenters. The number of hydrogen-bond acceptors (Lipinski definition) is 2. The zero-order valence-electron chi connectivity index (χ0n) is 17.5. The Labute approximate surface area is 188 Å². The van der Waals surface area contributed by atoms with Crippen LogP contribution in [0.4, 0.5) is 0 Å². The van der Waals surface area contributed by atoms with E-state index in [1.807, 2.05) is 60.7 Å². The molecule has 0 aromatic heterocycles. The van der Waals surface area contributed by atoms with Crippen LogP contribution in [0.25, 0.3) is 0 Å². The molecule has 3 heteroatoms. The Hall–Kier alpha value is -3.30. The van der Waals surface area contributed by atoms with Crippen LogP contribution in [-0.4, -0.2) is 5.91 Å². The number of aryl methyl sites for hydroxylation is 1. The minimum absolute atomic E-state index is 0.0725. The van der Waals surface area contributed by atoms with Crippen LogP contribution < -0.4 is 5.32 Å². The standard InChI is InChI=1S/C28H25NOS/c1-21-12-16-24(17-13-21)27(23-8-4-2-5-9-23)29-28(30)25-18-14-22(15-19-25)20-31-26-10-6-3-7-11-26/h2-19,27H,20H2,1H3,(H,29,30). The van der Waals surface area contributed by atoms with Crippen molar-refractivity contribution in [2.24, 2.45) is 0 Å². The molecule has 1 amide bonds. The molecule has 0 spiro atoms. The van der Waals surface area contributed by atoms with Crippen LogP contribution in [0.1, 0.15) is 38.7 Å². The largest absolute Gasteiger partial charge is 0.341 e. The molecule has 4 aromatic carbocycles. The lowest BCUT2D eigenvalue weighted by Crippen LogP contribution is -2.29. The van der Waals surface area contributed by atoms with Gasteiger partial charge in [-0.3, -0.25) is 4.79 Å². The number of hydrogen-bond donors (Lipinski definition) is 1. The van der Waals surface area contributed by atoms with Gasteiger partial charge in [0.15, 0.2) is 0 Å². The predicted octanol–water partition coefficient (Wildman–Crippen LogP) is 6.81. The number of rotatable bonds is 7. The smallest absolute Gasteiger partial charge is 0.252 e. The molecule has 0 aliphatic carbocycles. The van der Waals surface area contributed by atoms with Gasteiger partial charge in [0, 0.05) is 16.2 Å². The number of benzene rings is 4. The quantitative estimate of drug-likeness (QED) is 0.331. The first-order chi connectivity index (χ1) is 15.2. The topological polar surface area (TPSA) is 29.1 Å². The van der Waals surface area contributed by atoms with E-state index in [0.29, 0.717) is 5.56 Å². The van der Waals surface area contributed by atoms with Gasteiger partial charge in [-0.1, -0.05) is 90.5 Å². The molecule has 0 saturated carbocycles. The molecule has 1 N–H and O–H groups in total. The SMILES string of the molecule is Cc1ccc(C(NC(=O)c2ccc(CSc3ccccc3)cc2)c2ccccc2)cc1. The Morgan fingerprint density at radius 3 is 1.97 bits per heavy atom. The maximum Gasteiger partial charge on any atom is 0.252 e. The fourth-order valence-electron chi connectivity index (χ4n) is 3.41. The molecular formula is C28H25NOS. The molecule has 4 rings (SSSR count). The van der Waals surface area contributed by atoms with Crippen molar-refractivity contribution in [1.29, 1.82) is 0 Å². The summed E-state index contributed by atoms with van der Waals surface area (Å²) in [6.07, 6.45) is 0. The van der Waals surface area contributed by atoms with Gasteiger partial charge >= 0.3 is 0 Å².